The van der Waals surface area contributed by atoms with Gasteiger partial charge in [-0.05, 0) is 105 Å². The number of carbonyl (C=O) groups is 1. The smallest absolute Gasteiger partial charge is 0.333 e. The standard InChI is InChI=1S/C48H34N2O2S3/c1-47(2)36-12-8-6-10-32(36)34-20-18-29(22-38(34)47)50(30-19-21-35-33-11-7-9-13-37(33)48(3,4)39(35)23-30)28-16-14-27(15-17-28)41-26-43-45(55-41)44-42(54-43)25-31(53-44)24-40(49-5)46(51)52/h6-26H,1-4H3,(H,51,52)/b40-24-. The van der Waals surface area contributed by atoms with E-state index in [1.807, 2.05) is 6.07 Å². The third-order valence-corrected chi connectivity index (χ3v) is 15.3. The van der Waals surface area contributed by atoms with Crippen LogP contribution >= 0.6 is 34.0 Å². The molecule has 2 aliphatic carbocycles. The highest BCUT2D eigenvalue weighted by Crippen LogP contribution is 2.53. The Morgan fingerprint density at radius 2 is 1.13 bits per heavy atom. The van der Waals surface area contributed by atoms with Crippen molar-refractivity contribution in [1.82, 2.24) is 0 Å². The third-order valence-electron chi connectivity index (χ3n) is 11.5. The van der Waals surface area contributed by atoms with E-state index in [4.69, 9.17) is 6.57 Å². The molecule has 0 amide bonds. The van der Waals surface area contributed by atoms with E-state index >= 15 is 0 Å². The Bertz CT molecular complexity index is 2880. The second-order valence-corrected chi connectivity index (χ2v) is 18.6. The Morgan fingerprint density at radius 1 is 0.618 bits per heavy atom. The van der Waals surface area contributed by atoms with Gasteiger partial charge in [0.05, 0.1) is 16.0 Å². The minimum absolute atomic E-state index is 0.119. The number of fused-ring (bicyclic) bond motifs is 9. The molecule has 2 aliphatic rings. The van der Waals surface area contributed by atoms with E-state index in [0.717, 1.165) is 36.9 Å². The van der Waals surface area contributed by atoms with E-state index in [1.54, 1.807) is 34.0 Å². The van der Waals surface area contributed by atoms with Crippen LogP contribution in [0.4, 0.5) is 17.1 Å². The van der Waals surface area contributed by atoms with Crippen LogP contribution in [0, 0.1) is 6.57 Å². The third kappa shape index (κ3) is 5.09. The van der Waals surface area contributed by atoms with Crippen molar-refractivity contribution in [2.24, 2.45) is 0 Å². The predicted molar refractivity (Wildman–Crippen MR) is 233 cm³/mol. The highest BCUT2D eigenvalue weighted by Gasteiger charge is 2.37. The van der Waals surface area contributed by atoms with Gasteiger partial charge in [0, 0.05) is 47.0 Å². The molecular weight excluding hydrogens is 733 g/mol. The molecule has 0 aliphatic heterocycles. The maximum Gasteiger partial charge on any atom is 0.333 e. The molecule has 0 fully saturated rings. The lowest BCUT2D eigenvalue weighted by atomic mass is 9.82. The number of thiophene rings is 3. The number of rotatable bonds is 6. The molecule has 55 heavy (non-hydrogen) atoms. The summed E-state index contributed by atoms with van der Waals surface area (Å²) < 4.78 is 4.68. The molecule has 0 radical (unpaired) electrons. The van der Waals surface area contributed by atoms with Gasteiger partial charge in [-0.2, -0.15) is 0 Å². The summed E-state index contributed by atoms with van der Waals surface area (Å²) in [6.07, 6.45) is 1.47. The first-order chi connectivity index (χ1) is 26.5. The summed E-state index contributed by atoms with van der Waals surface area (Å²) in [5.41, 5.74) is 14.7. The molecule has 0 spiro atoms. The molecule has 10 rings (SSSR count). The first-order valence-electron chi connectivity index (χ1n) is 18.2. The molecule has 0 unspecified atom stereocenters. The summed E-state index contributed by atoms with van der Waals surface area (Å²) in [7, 11) is 0. The van der Waals surface area contributed by atoms with Gasteiger partial charge in [0.2, 0.25) is 0 Å². The molecule has 0 atom stereocenters. The highest BCUT2D eigenvalue weighted by atomic mass is 32.1. The number of hydrogen-bond acceptors (Lipinski definition) is 5. The van der Waals surface area contributed by atoms with Crippen molar-refractivity contribution in [3.05, 3.63) is 166 Å². The highest BCUT2D eigenvalue weighted by molar-refractivity contribution is 7.39. The van der Waals surface area contributed by atoms with Gasteiger partial charge < -0.3 is 10.0 Å². The van der Waals surface area contributed by atoms with Crippen LogP contribution in [-0.4, -0.2) is 11.1 Å². The molecule has 1 N–H and O–H groups in total. The first kappa shape index (κ1) is 33.8. The summed E-state index contributed by atoms with van der Waals surface area (Å²) in [6.45, 7) is 16.6. The lowest BCUT2D eigenvalue weighted by Gasteiger charge is -2.30. The van der Waals surface area contributed by atoms with Crippen LogP contribution in [-0.2, 0) is 15.6 Å². The normalized spacial score (nSPS) is 14.7. The molecule has 0 saturated carbocycles. The Hall–Kier alpha value is -5.78. The zero-order valence-corrected chi connectivity index (χ0v) is 33.0. The van der Waals surface area contributed by atoms with E-state index in [2.05, 4.69) is 153 Å². The SMILES string of the molecule is [C-]#[N+]/C(=C\c1cc2sc3cc(-c4ccc(N(c5ccc6c(c5)C(C)(C)c5ccccc5-6)c5ccc6c(c5)C(C)(C)c5ccccc5-6)cc4)sc3c2s1)C(=O)O. The summed E-state index contributed by atoms with van der Waals surface area (Å²) in [6, 6.07) is 44.8. The fraction of sp³-hybridized carbons (Fsp3) is 0.125. The average Bonchev–Trinajstić information content (AvgIpc) is 3.96. The number of benzene rings is 5. The molecule has 266 valence electrons. The maximum atomic E-state index is 11.4. The van der Waals surface area contributed by atoms with Crippen LogP contribution in [0.25, 0.3) is 62.4 Å². The number of carboxylic acid groups (broad SMARTS) is 1. The zero-order chi connectivity index (χ0) is 37.8. The minimum atomic E-state index is -1.20. The van der Waals surface area contributed by atoms with Gasteiger partial charge in [0.25, 0.3) is 5.70 Å². The summed E-state index contributed by atoms with van der Waals surface area (Å²) in [5.74, 6) is -1.20. The zero-order valence-electron chi connectivity index (χ0n) is 30.6. The van der Waals surface area contributed by atoms with Crippen molar-refractivity contribution in [2.45, 2.75) is 38.5 Å². The van der Waals surface area contributed by atoms with Crippen LogP contribution in [0.3, 0.4) is 0 Å². The number of hydrogen-bond donors (Lipinski definition) is 1. The summed E-state index contributed by atoms with van der Waals surface area (Å²) in [4.78, 5) is 19.0. The van der Waals surface area contributed by atoms with Gasteiger partial charge in [-0.3, -0.25) is 4.79 Å². The Balaban J connectivity index is 1.07. The minimum Gasteiger partial charge on any atom is -0.486 e. The predicted octanol–water partition coefficient (Wildman–Crippen LogP) is 14.3. The van der Waals surface area contributed by atoms with Gasteiger partial charge in [-0.1, -0.05) is 100 Å². The quantitative estimate of drug-likeness (QED) is 0.135. The molecule has 3 aromatic heterocycles. The monoisotopic (exact) mass is 766 g/mol. The van der Waals surface area contributed by atoms with Crippen LogP contribution in [0.2, 0.25) is 0 Å². The molecule has 5 aromatic carbocycles. The van der Waals surface area contributed by atoms with Gasteiger partial charge >= 0.3 is 5.97 Å². The maximum absolute atomic E-state index is 11.4. The summed E-state index contributed by atoms with van der Waals surface area (Å²) >= 11 is 5.02. The lowest BCUT2D eigenvalue weighted by molar-refractivity contribution is -0.132. The van der Waals surface area contributed by atoms with E-state index in [9.17, 15) is 9.90 Å². The van der Waals surface area contributed by atoms with Gasteiger partial charge in [-0.15, -0.1) is 34.0 Å². The second kappa shape index (κ2) is 12.1. The Kier molecular flexibility index (Phi) is 7.44. The van der Waals surface area contributed by atoms with E-state index in [1.165, 1.54) is 64.9 Å². The molecule has 0 saturated heterocycles. The Labute approximate surface area is 331 Å². The van der Waals surface area contributed by atoms with Gasteiger partial charge in [-0.25, -0.2) is 4.85 Å². The second-order valence-electron chi connectivity index (χ2n) is 15.4. The molecule has 4 nitrogen and oxygen atoms in total. The molecule has 7 heteroatoms. The molecular formula is C48H34N2O2S3. The molecule has 3 heterocycles. The number of anilines is 3. The van der Waals surface area contributed by atoms with Crippen LogP contribution in [0.1, 0.15) is 54.8 Å². The van der Waals surface area contributed by atoms with Crippen LogP contribution in [0.15, 0.2) is 127 Å². The Morgan fingerprint density at radius 3 is 1.69 bits per heavy atom. The fourth-order valence-corrected chi connectivity index (χ4v) is 12.7. The van der Waals surface area contributed by atoms with Crippen molar-refractivity contribution in [1.29, 1.82) is 0 Å². The largest absolute Gasteiger partial charge is 0.486 e. The molecule has 0 bridgehead atoms. The van der Waals surface area contributed by atoms with E-state index < -0.39 is 5.97 Å². The number of carboxylic acids is 1. The number of aliphatic carboxylic acids is 1. The van der Waals surface area contributed by atoms with Crippen molar-refractivity contribution in [3.63, 3.8) is 0 Å². The van der Waals surface area contributed by atoms with Crippen molar-refractivity contribution < 1.29 is 9.90 Å². The van der Waals surface area contributed by atoms with Crippen LogP contribution < -0.4 is 4.90 Å². The fourth-order valence-electron chi connectivity index (χ4n) is 8.73. The topological polar surface area (TPSA) is 44.9 Å². The van der Waals surface area contributed by atoms with Gasteiger partial charge in [0.1, 0.15) is 0 Å². The lowest BCUT2D eigenvalue weighted by Crippen LogP contribution is -2.18. The summed E-state index contributed by atoms with van der Waals surface area (Å²) in [5, 5.41) is 9.35. The first-order valence-corrected chi connectivity index (χ1v) is 20.7. The molecule has 8 aromatic rings. The average molecular weight is 767 g/mol. The van der Waals surface area contributed by atoms with Crippen LogP contribution in [0.5, 0.6) is 0 Å². The van der Waals surface area contributed by atoms with Gasteiger partial charge in [0.15, 0.2) is 0 Å². The van der Waals surface area contributed by atoms with E-state index in [-0.39, 0.29) is 16.5 Å². The number of nitrogens with zero attached hydrogens (tertiary/aromatic N) is 2. The van der Waals surface area contributed by atoms with E-state index in [0.29, 0.717) is 0 Å². The van der Waals surface area contributed by atoms with Crippen molar-refractivity contribution in [2.75, 3.05) is 4.90 Å². The van der Waals surface area contributed by atoms with Crippen molar-refractivity contribution in [3.8, 4) is 32.7 Å². The van der Waals surface area contributed by atoms with Crippen molar-refractivity contribution >= 4 is 81.9 Å².